The summed E-state index contributed by atoms with van der Waals surface area (Å²) in [5.74, 6) is 0.580. The molecule has 1 saturated heterocycles. The minimum Gasteiger partial charge on any atom is -0.390 e. The lowest BCUT2D eigenvalue weighted by Gasteiger charge is -2.26. The lowest BCUT2D eigenvalue weighted by Crippen LogP contribution is -2.36. The molecule has 6 heteroatoms. The second-order valence-electron chi connectivity index (χ2n) is 6.02. The van der Waals surface area contributed by atoms with Crippen molar-refractivity contribution in [2.24, 2.45) is 0 Å². The third-order valence-corrected chi connectivity index (χ3v) is 5.16. The zero-order chi connectivity index (χ0) is 16.8. The molecular weight excluding hydrogens is 322 g/mol. The van der Waals surface area contributed by atoms with Crippen LogP contribution in [0.1, 0.15) is 30.5 Å². The van der Waals surface area contributed by atoms with Gasteiger partial charge in [0.25, 0.3) is 0 Å². The van der Waals surface area contributed by atoms with Gasteiger partial charge in [0.15, 0.2) is 5.16 Å². The van der Waals surface area contributed by atoms with Gasteiger partial charge in [-0.25, -0.2) is 4.98 Å². The largest absolute Gasteiger partial charge is 0.390 e. The molecule has 1 N–H and O–H groups in total. The minimum atomic E-state index is -0.0879. The van der Waals surface area contributed by atoms with E-state index in [1.54, 1.807) is 0 Å². The molecule has 2 heterocycles. The molecule has 0 radical (unpaired) electrons. The number of benzene rings is 1. The van der Waals surface area contributed by atoms with Gasteiger partial charge in [-0.15, -0.1) is 0 Å². The molecule has 1 aromatic carbocycles. The summed E-state index contributed by atoms with van der Waals surface area (Å²) in [7, 11) is 0. The number of likely N-dealkylation sites (tertiary alicyclic amines) is 1. The highest BCUT2D eigenvalue weighted by Gasteiger charge is 2.18. The Kier molecular flexibility index (Phi) is 5.93. The summed E-state index contributed by atoms with van der Waals surface area (Å²) in [4.78, 5) is 18.7. The van der Waals surface area contributed by atoms with E-state index in [1.165, 1.54) is 23.7 Å². The van der Waals surface area contributed by atoms with Gasteiger partial charge in [-0.2, -0.15) is 0 Å². The third-order valence-electron chi connectivity index (χ3n) is 4.18. The molecular formula is C18H23N3O2S. The van der Waals surface area contributed by atoms with Crippen LogP contribution >= 0.6 is 11.8 Å². The lowest BCUT2D eigenvalue weighted by molar-refractivity contribution is -0.129. The molecule has 0 spiro atoms. The van der Waals surface area contributed by atoms with Crippen molar-refractivity contribution >= 4 is 17.7 Å². The first-order valence-corrected chi connectivity index (χ1v) is 9.36. The predicted molar refractivity (Wildman–Crippen MR) is 94.8 cm³/mol. The average molecular weight is 345 g/mol. The van der Waals surface area contributed by atoms with E-state index in [2.05, 4.69) is 17.1 Å². The first-order valence-electron chi connectivity index (χ1n) is 8.37. The molecule has 1 fully saturated rings. The van der Waals surface area contributed by atoms with Crippen LogP contribution in [0.5, 0.6) is 0 Å². The highest BCUT2D eigenvalue weighted by Crippen LogP contribution is 2.21. The summed E-state index contributed by atoms with van der Waals surface area (Å²) >= 11 is 1.45. The van der Waals surface area contributed by atoms with Crippen LogP contribution in [0.25, 0.3) is 0 Å². The molecule has 128 valence electrons. The third kappa shape index (κ3) is 4.39. The fourth-order valence-electron chi connectivity index (χ4n) is 2.90. The van der Waals surface area contributed by atoms with Crippen LogP contribution in [-0.2, 0) is 17.9 Å². The van der Waals surface area contributed by atoms with Gasteiger partial charge in [0, 0.05) is 25.8 Å². The van der Waals surface area contributed by atoms with Crippen molar-refractivity contribution in [3.63, 3.8) is 0 Å². The predicted octanol–water partition coefficient (Wildman–Crippen LogP) is 2.53. The molecule has 1 aliphatic rings. The standard InChI is InChI=1S/C18H23N3O2S/c22-13-16-12-21(11-15-7-3-1-4-8-15)18(19-16)24-14-17(23)20-9-5-2-6-10-20/h1,3-4,7-8,12,22H,2,5-6,9-11,13-14H2. The molecule has 5 nitrogen and oxygen atoms in total. The molecule has 0 atom stereocenters. The fraction of sp³-hybridized carbons (Fsp3) is 0.444. The summed E-state index contributed by atoms with van der Waals surface area (Å²) in [5.41, 5.74) is 1.81. The molecule has 0 unspecified atom stereocenters. The summed E-state index contributed by atoms with van der Waals surface area (Å²) in [5, 5.41) is 10.1. The van der Waals surface area contributed by atoms with E-state index in [-0.39, 0.29) is 12.5 Å². The molecule has 1 amide bonds. The van der Waals surface area contributed by atoms with Crippen molar-refractivity contribution in [2.75, 3.05) is 18.8 Å². The van der Waals surface area contributed by atoms with Gasteiger partial charge in [0.2, 0.25) is 5.91 Å². The van der Waals surface area contributed by atoms with Crippen molar-refractivity contribution in [2.45, 2.75) is 37.6 Å². The van der Waals surface area contributed by atoms with E-state index in [1.807, 2.05) is 33.9 Å². The molecule has 2 aromatic rings. The van der Waals surface area contributed by atoms with Gasteiger partial charge >= 0.3 is 0 Å². The average Bonchev–Trinajstić information content (AvgIpc) is 3.03. The number of carbonyl (C=O) groups is 1. The van der Waals surface area contributed by atoms with Gasteiger partial charge in [-0.1, -0.05) is 42.1 Å². The Balaban J connectivity index is 1.65. The number of hydrogen-bond donors (Lipinski definition) is 1. The summed E-state index contributed by atoms with van der Waals surface area (Å²) in [6, 6.07) is 10.1. The van der Waals surface area contributed by atoms with Crippen molar-refractivity contribution < 1.29 is 9.90 Å². The maximum atomic E-state index is 12.3. The Hall–Kier alpha value is -1.79. The number of imidazole rings is 1. The van der Waals surface area contributed by atoms with Crippen molar-refractivity contribution in [1.29, 1.82) is 0 Å². The van der Waals surface area contributed by atoms with Crippen LogP contribution in [0.2, 0.25) is 0 Å². The van der Waals surface area contributed by atoms with Crippen molar-refractivity contribution in [3.05, 3.63) is 47.8 Å². The summed E-state index contributed by atoms with van der Waals surface area (Å²) in [6.07, 6.45) is 5.29. The van der Waals surface area contributed by atoms with E-state index in [4.69, 9.17) is 0 Å². The Morgan fingerprint density at radius 1 is 1.17 bits per heavy atom. The Morgan fingerprint density at radius 2 is 1.92 bits per heavy atom. The van der Waals surface area contributed by atoms with E-state index in [0.717, 1.165) is 31.1 Å². The maximum absolute atomic E-state index is 12.3. The number of aliphatic hydroxyl groups excluding tert-OH is 1. The lowest BCUT2D eigenvalue weighted by atomic mass is 10.1. The van der Waals surface area contributed by atoms with Gasteiger partial charge in [-0.3, -0.25) is 4.79 Å². The second kappa shape index (κ2) is 8.35. The zero-order valence-corrected chi connectivity index (χ0v) is 14.5. The SMILES string of the molecule is O=C(CSc1nc(CO)cn1Cc1ccccc1)N1CCCCC1. The number of nitrogens with zero attached hydrogens (tertiary/aromatic N) is 3. The fourth-order valence-corrected chi connectivity index (χ4v) is 3.80. The van der Waals surface area contributed by atoms with Crippen LogP contribution in [0.15, 0.2) is 41.7 Å². The maximum Gasteiger partial charge on any atom is 0.233 e. The van der Waals surface area contributed by atoms with E-state index in [9.17, 15) is 9.90 Å². The van der Waals surface area contributed by atoms with Crippen LogP contribution < -0.4 is 0 Å². The number of aromatic nitrogens is 2. The Morgan fingerprint density at radius 3 is 2.62 bits per heavy atom. The quantitative estimate of drug-likeness (QED) is 0.818. The van der Waals surface area contributed by atoms with Gasteiger partial charge in [0.1, 0.15) is 0 Å². The summed E-state index contributed by atoms with van der Waals surface area (Å²) < 4.78 is 2.01. The van der Waals surface area contributed by atoms with Crippen molar-refractivity contribution in [1.82, 2.24) is 14.5 Å². The molecule has 0 aliphatic carbocycles. The molecule has 0 saturated carbocycles. The minimum absolute atomic E-state index is 0.0879. The molecule has 3 rings (SSSR count). The van der Waals surface area contributed by atoms with Crippen LogP contribution in [0.3, 0.4) is 0 Å². The number of piperidine rings is 1. The molecule has 0 bridgehead atoms. The van der Waals surface area contributed by atoms with Gasteiger partial charge < -0.3 is 14.6 Å². The Bertz CT molecular complexity index is 666. The highest BCUT2D eigenvalue weighted by atomic mass is 32.2. The monoisotopic (exact) mass is 345 g/mol. The highest BCUT2D eigenvalue weighted by molar-refractivity contribution is 7.99. The number of thioether (sulfide) groups is 1. The second-order valence-corrected chi connectivity index (χ2v) is 6.96. The molecule has 1 aliphatic heterocycles. The Labute approximate surface area is 146 Å². The molecule has 24 heavy (non-hydrogen) atoms. The van der Waals surface area contributed by atoms with Gasteiger partial charge in [-0.05, 0) is 24.8 Å². The first-order chi connectivity index (χ1) is 11.8. The van der Waals surface area contributed by atoms with E-state index >= 15 is 0 Å². The number of hydrogen-bond acceptors (Lipinski definition) is 4. The number of carbonyl (C=O) groups excluding carboxylic acids is 1. The van der Waals surface area contributed by atoms with E-state index in [0.29, 0.717) is 18.0 Å². The van der Waals surface area contributed by atoms with Crippen LogP contribution in [0, 0.1) is 0 Å². The molecule has 1 aromatic heterocycles. The number of rotatable bonds is 6. The number of amides is 1. The smallest absolute Gasteiger partial charge is 0.233 e. The summed E-state index contributed by atoms with van der Waals surface area (Å²) in [6.45, 7) is 2.35. The normalized spacial score (nSPS) is 14.8. The topological polar surface area (TPSA) is 58.4 Å². The number of aliphatic hydroxyl groups is 1. The zero-order valence-electron chi connectivity index (χ0n) is 13.7. The van der Waals surface area contributed by atoms with Gasteiger partial charge in [0.05, 0.1) is 18.1 Å². The first kappa shape index (κ1) is 17.0. The van der Waals surface area contributed by atoms with Crippen LogP contribution in [0.4, 0.5) is 0 Å². The van der Waals surface area contributed by atoms with E-state index < -0.39 is 0 Å². The van der Waals surface area contributed by atoms with Crippen LogP contribution in [-0.4, -0.2) is 44.3 Å². The van der Waals surface area contributed by atoms with Crippen molar-refractivity contribution in [3.8, 4) is 0 Å².